The van der Waals surface area contributed by atoms with Gasteiger partial charge in [0, 0.05) is 17.7 Å². The van der Waals surface area contributed by atoms with Gasteiger partial charge in [-0.2, -0.15) is 0 Å². The van der Waals surface area contributed by atoms with E-state index in [-0.39, 0.29) is 0 Å². The van der Waals surface area contributed by atoms with Crippen LogP contribution in [0.2, 0.25) is 0 Å². The lowest BCUT2D eigenvalue weighted by Crippen LogP contribution is -2.10. The third kappa shape index (κ3) is 3.21. The Morgan fingerprint density at radius 3 is 2.29 bits per heavy atom. The molecule has 2 rings (SSSR count). The van der Waals surface area contributed by atoms with Gasteiger partial charge < -0.3 is 4.57 Å². The van der Waals surface area contributed by atoms with Crippen LogP contribution in [0, 0.1) is 5.92 Å². The molecule has 0 atom stereocenters. The van der Waals surface area contributed by atoms with E-state index >= 15 is 0 Å². The minimum atomic E-state index is -1.85. The lowest BCUT2D eigenvalue weighted by molar-refractivity contribution is 0.387. The van der Waals surface area contributed by atoms with Crippen molar-refractivity contribution in [2.75, 3.05) is 17.7 Å². The molecule has 0 aromatic heterocycles. The van der Waals surface area contributed by atoms with E-state index in [0.717, 1.165) is 23.6 Å². The maximum Gasteiger partial charge on any atom is 0.191 e. The highest BCUT2D eigenvalue weighted by atomic mass is 33.1. The van der Waals surface area contributed by atoms with Crippen LogP contribution in [0.15, 0.2) is 0 Å². The van der Waals surface area contributed by atoms with Gasteiger partial charge in [-0.25, -0.2) is 0 Å². The Morgan fingerprint density at radius 2 is 1.64 bits per heavy atom. The second-order valence-corrected chi connectivity index (χ2v) is 13.0. The molecule has 14 heavy (non-hydrogen) atoms. The fraction of sp³-hybridized carbons (Fsp3) is 1.00. The first-order valence-electron chi connectivity index (χ1n) is 5.67. The van der Waals surface area contributed by atoms with Gasteiger partial charge in [-0.15, -0.1) is 0 Å². The van der Waals surface area contributed by atoms with Crippen LogP contribution in [0.5, 0.6) is 0 Å². The standard InChI is InChI=1S/C10H19OPS2/c11-12(13-7-4-8-14-12)9-10-5-2-1-3-6-10/h10H,1-9H2. The zero-order valence-corrected chi connectivity index (χ0v) is 11.1. The van der Waals surface area contributed by atoms with Crippen LogP contribution in [-0.4, -0.2) is 17.7 Å². The summed E-state index contributed by atoms with van der Waals surface area (Å²) in [4.78, 5) is 0. The molecule has 0 unspecified atom stereocenters. The molecule has 4 heteroatoms. The molecule has 0 N–H and O–H groups in total. The summed E-state index contributed by atoms with van der Waals surface area (Å²) in [5, 5.41) is 0. The number of rotatable bonds is 2. The quantitative estimate of drug-likeness (QED) is 0.665. The number of hydrogen-bond donors (Lipinski definition) is 0. The minimum absolute atomic E-state index is 0.785. The average Bonchev–Trinajstić information content (AvgIpc) is 2.19. The van der Waals surface area contributed by atoms with Crippen LogP contribution in [0.3, 0.4) is 0 Å². The molecule has 1 saturated heterocycles. The SMILES string of the molecule is O=P1(CC2CCCCC2)SCCCS1. The molecule has 2 fully saturated rings. The zero-order valence-electron chi connectivity index (χ0n) is 8.61. The normalized spacial score (nSPS) is 28.9. The van der Waals surface area contributed by atoms with E-state index in [9.17, 15) is 4.57 Å². The van der Waals surface area contributed by atoms with Gasteiger partial charge in [-0.3, -0.25) is 0 Å². The lowest BCUT2D eigenvalue weighted by Gasteiger charge is -2.28. The predicted molar refractivity (Wildman–Crippen MR) is 68.6 cm³/mol. The summed E-state index contributed by atoms with van der Waals surface area (Å²) >= 11 is 3.56. The Kier molecular flexibility index (Phi) is 4.34. The molecular weight excluding hydrogens is 231 g/mol. The van der Waals surface area contributed by atoms with Gasteiger partial charge in [-0.1, -0.05) is 42.0 Å². The molecule has 0 spiro atoms. The van der Waals surface area contributed by atoms with Crippen LogP contribution in [-0.2, 0) is 4.57 Å². The van der Waals surface area contributed by atoms with Crippen LogP contribution >= 0.6 is 28.3 Å². The summed E-state index contributed by atoms with van der Waals surface area (Å²) in [6.07, 6.45) is 9.11. The van der Waals surface area contributed by atoms with Crippen molar-refractivity contribution >= 4 is 28.3 Å². The van der Waals surface area contributed by atoms with Crippen molar-refractivity contribution in [2.24, 2.45) is 5.92 Å². The molecule has 0 amide bonds. The maximum absolute atomic E-state index is 12.4. The topological polar surface area (TPSA) is 17.1 Å². The highest BCUT2D eigenvalue weighted by Gasteiger charge is 2.30. The van der Waals surface area contributed by atoms with E-state index in [1.54, 1.807) is 22.8 Å². The molecule has 82 valence electrons. The molecule has 1 aliphatic carbocycles. The highest BCUT2D eigenvalue weighted by molar-refractivity contribution is 8.90. The third-order valence-corrected chi connectivity index (χ3v) is 12.0. The van der Waals surface area contributed by atoms with Gasteiger partial charge in [0.05, 0.1) is 0 Å². The molecular formula is C10H19OPS2. The van der Waals surface area contributed by atoms with Crippen LogP contribution in [0.1, 0.15) is 38.5 Å². The van der Waals surface area contributed by atoms with E-state index in [2.05, 4.69) is 0 Å². The van der Waals surface area contributed by atoms with Crippen LogP contribution in [0.4, 0.5) is 0 Å². The molecule has 0 radical (unpaired) electrons. The first-order valence-corrected chi connectivity index (χ1v) is 10.7. The molecule has 1 saturated carbocycles. The molecule has 1 aliphatic heterocycles. The Hall–Kier alpha value is 0.930. The summed E-state index contributed by atoms with van der Waals surface area (Å²) in [7, 11) is 0. The summed E-state index contributed by atoms with van der Waals surface area (Å²) in [5.41, 5.74) is -1.85. The van der Waals surface area contributed by atoms with Gasteiger partial charge in [0.25, 0.3) is 0 Å². The van der Waals surface area contributed by atoms with Crippen molar-refractivity contribution in [1.29, 1.82) is 0 Å². The first kappa shape index (κ1) is 11.4. The zero-order chi connectivity index (χ0) is 9.86. The molecule has 1 heterocycles. The minimum Gasteiger partial charge on any atom is -0.300 e. The molecule has 1 nitrogen and oxygen atoms in total. The van der Waals surface area contributed by atoms with E-state index in [0.29, 0.717) is 0 Å². The van der Waals surface area contributed by atoms with E-state index in [1.165, 1.54) is 38.5 Å². The smallest absolute Gasteiger partial charge is 0.191 e. The molecule has 0 bridgehead atoms. The Morgan fingerprint density at radius 1 is 1.00 bits per heavy atom. The van der Waals surface area contributed by atoms with Gasteiger partial charge in [0.1, 0.15) is 0 Å². The predicted octanol–water partition coefficient (Wildman–Crippen LogP) is 4.63. The van der Waals surface area contributed by atoms with Crippen molar-refractivity contribution < 1.29 is 4.57 Å². The van der Waals surface area contributed by atoms with Gasteiger partial charge in [0.2, 0.25) is 0 Å². The molecule has 0 aromatic carbocycles. The van der Waals surface area contributed by atoms with E-state index < -0.39 is 5.55 Å². The van der Waals surface area contributed by atoms with Crippen molar-refractivity contribution in [3.8, 4) is 0 Å². The number of hydrogen-bond acceptors (Lipinski definition) is 3. The molecule has 2 aliphatic rings. The van der Waals surface area contributed by atoms with Crippen molar-refractivity contribution in [2.45, 2.75) is 38.5 Å². The monoisotopic (exact) mass is 250 g/mol. The second-order valence-electron chi connectivity index (χ2n) is 4.32. The lowest BCUT2D eigenvalue weighted by atomic mass is 9.91. The van der Waals surface area contributed by atoms with E-state index in [4.69, 9.17) is 0 Å². The summed E-state index contributed by atoms with van der Waals surface area (Å²) in [6, 6.07) is 0. The van der Waals surface area contributed by atoms with E-state index in [1.807, 2.05) is 0 Å². The summed E-state index contributed by atoms with van der Waals surface area (Å²) in [5.74, 6) is 3.06. The maximum atomic E-state index is 12.4. The van der Waals surface area contributed by atoms with Gasteiger partial charge in [-0.05, 0) is 25.2 Å². The molecule has 0 aromatic rings. The van der Waals surface area contributed by atoms with Crippen LogP contribution < -0.4 is 0 Å². The second kappa shape index (κ2) is 5.32. The van der Waals surface area contributed by atoms with Gasteiger partial charge in [0.15, 0.2) is 5.55 Å². The Labute approximate surface area is 95.0 Å². The Balaban J connectivity index is 1.84. The average molecular weight is 250 g/mol. The van der Waals surface area contributed by atoms with Crippen molar-refractivity contribution in [3.05, 3.63) is 0 Å². The highest BCUT2D eigenvalue weighted by Crippen LogP contribution is 2.72. The Bertz CT molecular complexity index is 216. The third-order valence-electron chi connectivity index (χ3n) is 3.07. The van der Waals surface area contributed by atoms with Crippen LogP contribution in [0.25, 0.3) is 0 Å². The fourth-order valence-electron chi connectivity index (χ4n) is 2.29. The summed E-state index contributed by atoms with van der Waals surface area (Å²) < 4.78 is 12.4. The van der Waals surface area contributed by atoms with Crippen molar-refractivity contribution in [3.63, 3.8) is 0 Å². The van der Waals surface area contributed by atoms with Crippen molar-refractivity contribution in [1.82, 2.24) is 0 Å². The first-order chi connectivity index (χ1) is 6.79. The van der Waals surface area contributed by atoms with Gasteiger partial charge >= 0.3 is 0 Å². The fourth-order valence-corrected chi connectivity index (χ4v) is 11.4. The summed E-state index contributed by atoms with van der Waals surface area (Å²) in [6.45, 7) is 0. The largest absolute Gasteiger partial charge is 0.300 e.